The van der Waals surface area contributed by atoms with Gasteiger partial charge in [-0.15, -0.1) is 0 Å². The van der Waals surface area contributed by atoms with Gasteiger partial charge in [0.25, 0.3) is 10.0 Å². The Labute approximate surface area is 201 Å². The van der Waals surface area contributed by atoms with Gasteiger partial charge in [-0.25, -0.2) is 18.2 Å². The average Bonchev–Trinajstić information content (AvgIpc) is 2.79. The Morgan fingerprint density at radius 3 is 2.31 bits per heavy atom. The van der Waals surface area contributed by atoms with E-state index in [1.54, 1.807) is 26.0 Å². The molecule has 0 saturated heterocycles. The van der Waals surface area contributed by atoms with Gasteiger partial charge in [0.1, 0.15) is 17.1 Å². The minimum Gasteiger partial charge on any atom is -0.507 e. The van der Waals surface area contributed by atoms with Gasteiger partial charge < -0.3 is 15.5 Å². The molecule has 0 fully saturated rings. The van der Waals surface area contributed by atoms with Crippen LogP contribution in [0.5, 0.6) is 5.75 Å². The zero-order valence-electron chi connectivity index (χ0n) is 18.8. The number of rotatable bonds is 9. The van der Waals surface area contributed by atoms with Crippen molar-refractivity contribution in [2.45, 2.75) is 31.2 Å². The molecule has 0 radical (unpaired) electrons. The van der Waals surface area contributed by atoms with E-state index in [1.807, 2.05) is 0 Å². The first-order valence-electron chi connectivity index (χ1n) is 10.4. The molecule has 1 heterocycles. The van der Waals surface area contributed by atoms with E-state index in [2.05, 4.69) is 25.3 Å². The summed E-state index contributed by atoms with van der Waals surface area (Å²) >= 11 is 0. The van der Waals surface area contributed by atoms with Crippen LogP contribution < -0.4 is 10.0 Å². The first-order valence-corrected chi connectivity index (χ1v) is 11.9. The minimum atomic E-state index is -3.86. The number of azo groups is 1. The quantitative estimate of drug-likeness (QED) is 0.326. The molecule has 182 valence electrons. The molecule has 0 atom stereocenters. The Bertz CT molecular complexity index is 1360. The molecule has 0 bridgehead atoms. The number of anilines is 1. The molecule has 35 heavy (non-hydrogen) atoms. The predicted octanol–water partition coefficient (Wildman–Crippen LogP) is 3.77. The fourth-order valence-electron chi connectivity index (χ4n) is 3.01. The highest BCUT2D eigenvalue weighted by Crippen LogP contribution is 2.30. The maximum Gasteiger partial charge on any atom is 0.339 e. The Balaban J connectivity index is 1.82. The summed E-state index contributed by atoms with van der Waals surface area (Å²) in [6.07, 6.45) is 1.21. The summed E-state index contributed by atoms with van der Waals surface area (Å²) in [4.78, 5) is 27.5. The lowest BCUT2D eigenvalue weighted by atomic mass is 10.0. The zero-order valence-corrected chi connectivity index (χ0v) is 19.7. The van der Waals surface area contributed by atoms with Crippen molar-refractivity contribution in [2.24, 2.45) is 10.2 Å². The molecule has 4 N–H and O–H groups in total. The molecule has 1 amide bonds. The minimum absolute atomic E-state index is 0.0154. The molecule has 0 saturated carbocycles. The van der Waals surface area contributed by atoms with Crippen molar-refractivity contribution in [1.82, 2.24) is 10.3 Å². The van der Waals surface area contributed by atoms with Crippen molar-refractivity contribution in [3.8, 4) is 5.75 Å². The van der Waals surface area contributed by atoms with Gasteiger partial charge in [-0.05, 0) is 62.4 Å². The number of carbonyl (C=O) groups is 2. The van der Waals surface area contributed by atoms with Crippen LogP contribution in [-0.4, -0.2) is 41.5 Å². The van der Waals surface area contributed by atoms with Gasteiger partial charge in [-0.3, -0.25) is 9.52 Å². The summed E-state index contributed by atoms with van der Waals surface area (Å²) in [5, 5.41) is 30.3. The lowest BCUT2D eigenvalue weighted by molar-refractivity contribution is -0.120. The van der Waals surface area contributed by atoms with Crippen LogP contribution in [0.25, 0.3) is 0 Å². The monoisotopic (exact) mass is 497 g/mol. The number of hydrogen-bond donors (Lipinski definition) is 4. The normalized spacial score (nSPS) is 11.5. The van der Waals surface area contributed by atoms with E-state index in [4.69, 9.17) is 0 Å². The first-order chi connectivity index (χ1) is 16.5. The number of carbonyl (C=O) groups excluding carboxylic acids is 1. The summed E-state index contributed by atoms with van der Waals surface area (Å²) in [6.45, 7) is 3.55. The summed E-state index contributed by atoms with van der Waals surface area (Å²) in [7, 11) is -3.86. The number of aromatic hydroxyl groups is 1. The number of aromatic carboxylic acids is 1. The second kappa shape index (κ2) is 10.7. The molecule has 3 rings (SSSR count). The van der Waals surface area contributed by atoms with Gasteiger partial charge in [-0.2, -0.15) is 10.2 Å². The summed E-state index contributed by atoms with van der Waals surface area (Å²) in [5.74, 6) is -2.13. The topological polar surface area (TPSA) is 170 Å². The average molecular weight is 498 g/mol. The van der Waals surface area contributed by atoms with E-state index in [0.717, 1.165) is 6.07 Å². The number of hydrogen-bond acceptors (Lipinski definition) is 8. The van der Waals surface area contributed by atoms with E-state index < -0.39 is 33.2 Å². The summed E-state index contributed by atoms with van der Waals surface area (Å²) < 4.78 is 27.4. The van der Waals surface area contributed by atoms with E-state index in [1.165, 1.54) is 42.6 Å². The van der Waals surface area contributed by atoms with Crippen molar-refractivity contribution in [1.29, 1.82) is 0 Å². The number of phenols is 1. The molecule has 0 unspecified atom stereocenters. The molecule has 0 aliphatic heterocycles. The number of pyridine rings is 1. The van der Waals surface area contributed by atoms with Crippen molar-refractivity contribution in [3.63, 3.8) is 0 Å². The Kier molecular flexibility index (Phi) is 7.76. The lowest BCUT2D eigenvalue weighted by Crippen LogP contribution is -2.31. The van der Waals surface area contributed by atoms with Crippen LogP contribution in [0.1, 0.15) is 29.8 Å². The van der Waals surface area contributed by atoms with Crippen LogP contribution in [0.3, 0.4) is 0 Å². The number of aromatic nitrogens is 1. The zero-order chi connectivity index (χ0) is 25.6. The first kappa shape index (κ1) is 25.3. The van der Waals surface area contributed by atoms with E-state index in [0.29, 0.717) is 5.69 Å². The SMILES string of the molecule is CC(C)NC(=O)Cc1cc(N=Nc2ccc(S(=O)(=O)Nc3ccccn3)cc2)cc(C(=O)O)c1O. The van der Waals surface area contributed by atoms with Crippen LogP contribution in [-0.2, 0) is 21.2 Å². The van der Waals surface area contributed by atoms with E-state index in [-0.39, 0.29) is 34.4 Å². The second-order valence-corrected chi connectivity index (χ2v) is 9.40. The largest absolute Gasteiger partial charge is 0.507 e. The molecule has 1 aromatic heterocycles. The molecular formula is C23H23N5O6S. The van der Waals surface area contributed by atoms with Gasteiger partial charge >= 0.3 is 5.97 Å². The maximum absolute atomic E-state index is 12.5. The lowest BCUT2D eigenvalue weighted by Gasteiger charge is -2.11. The molecule has 12 heteroatoms. The Morgan fingerprint density at radius 1 is 1.03 bits per heavy atom. The number of carboxylic acids is 1. The third-order valence-electron chi connectivity index (χ3n) is 4.54. The number of nitrogens with one attached hydrogen (secondary N) is 2. The van der Waals surface area contributed by atoms with Gasteiger partial charge in [0.15, 0.2) is 0 Å². The number of sulfonamides is 1. The molecule has 3 aromatic rings. The van der Waals surface area contributed by atoms with E-state index in [9.17, 15) is 28.2 Å². The smallest absolute Gasteiger partial charge is 0.339 e. The van der Waals surface area contributed by atoms with Crippen LogP contribution in [0.4, 0.5) is 17.2 Å². The maximum atomic E-state index is 12.5. The molecule has 2 aromatic carbocycles. The van der Waals surface area contributed by atoms with Crippen LogP contribution in [0, 0.1) is 0 Å². The third-order valence-corrected chi connectivity index (χ3v) is 5.91. The van der Waals surface area contributed by atoms with Crippen LogP contribution in [0.2, 0.25) is 0 Å². The fraction of sp³-hybridized carbons (Fsp3) is 0.174. The van der Waals surface area contributed by atoms with Crippen molar-refractivity contribution >= 4 is 39.1 Å². The Morgan fingerprint density at radius 2 is 1.71 bits per heavy atom. The highest BCUT2D eigenvalue weighted by molar-refractivity contribution is 7.92. The molecule has 0 aliphatic carbocycles. The number of nitrogens with zero attached hydrogens (tertiary/aromatic N) is 3. The van der Waals surface area contributed by atoms with Gasteiger partial charge in [0.2, 0.25) is 5.91 Å². The van der Waals surface area contributed by atoms with Gasteiger partial charge in [0, 0.05) is 17.8 Å². The third kappa shape index (κ3) is 6.84. The number of amides is 1. The van der Waals surface area contributed by atoms with Gasteiger partial charge in [-0.1, -0.05) is 6.07 Å². The van der Waals surface area contributed by atoms with E-state index >= 15 is 0 Å². The fourth-order valence-corrected chi connectivity index (χ4v) is 4.01. The van der Waals surface area contributed by atoms with Crippen molar-refractivity contribution in [2.75, 3.05) is 4.72 Å². The second-order valence-electron chi connectivity index (χ2n) is 7.72. The number of carboxylic acid groups (broad SMARTS) is 1. The standard InChI is InChI=1S/C23H23N5O6S/c1-14(2)25-21(29)12-15-11-17(13-19(22(15)30)23(31)32)27-26-16-6-8-18(9-7-16)35(33,34)28-20-5-3-4-10-24-20/h3-11,13-14,30H,12H2,1-2H3,(H,24,28)(H,25,29)(H,31,32). The molecule has 0 aliphatic rings. The van der Waals surface area contributed by atoms with Crippen molar-refractivity contribution < 1.29 is 28.2 Å². The highest BCUT2D eigenvalue weighted by Gasteiger charge is 2.18. The number of benzene rings is 2. The Hall–Kier alpha value is -4.32. The summed E-state index contributed by atoms with van der Waals surface area (Å²) in [6, 6.07) is 12.7. The molecular weight excluding hydrogens is 474 g/mol. The predicted molar refractivity (Wildman–Crippen MR) is 128 cm³/mol. The van der Waals surface area contributed by atoms with Gasteiger partial charge in [0.05, 0.1) is 22.7 Å². The van der Waals surface area contributed by atoms with Crippen molar-refractivity contribution in [3.05, 3.63) is 71.9 Å². The summed E-state index contributed by atoms with van der Waals surface area (Å²) in [5.41, 5.74) is 0.0572. The molecule has 0 spiro atoms. The van der Waals surface area contributed by atoms with Crippen LogP contribution in [0.15, 0.2) is 75.9 Å². The molecule has 11 nitrogen and oxygen atoms in total. The highest BCUT2D eigenvalue weighted by atomic mass is 32.2. The van der Waals surface area contributed by atoms with Crippen LogP contribution >= 0.6 is 0 Å².